The number of hydrogen-bond donors (Lipinski definition) is 2. The van der Waals surface area contributed by atoms with E-state index in [1.807, 2.05) is 12.3 Å². The summed E-state index contributed by atoms with van der Waals surface area (Å²) in [5.74, 6) is 1.94. The first-order valence-electron chi connectivity index (χ1n) is 11.8. The van der Waals surface area contributed by atoms with Crippen LogP contribution in [0.2, 0.25) is 0 Å². The van der Waals surface area contributed by atoms with Gasteiger partial charge in [-0.15, -0.1) is 0 Å². The van der Waals surface area contributed by atoms with Crippen molar-refractivity contribution in [1.29, 1.82) is 0 Å². The molecule has 9 heteroatoms. The van der Waals surface area contributed by atoms with Crippen molar-refractivity contribution in [3.63, 3.8) is 0 Å². The number of methoxy groups -OCH3 is 1. The van der Waals surface area contributed by atoms with Gasteiger partial charge < -0.3 is 14.6 Å². The summed E-state index contributed by atoms with van der Waals surface area (Å²) in [6.07, 6.45) is 5.30. The van der Waals surface area contributed by atoms with Crippen LogP contribution in [0.5, 0.6) is 5.75 Å². The third-order valence-corrected chi connectivity index (χ3v) is 7.38. The molecule has 0 spiro atoms. The van der Waals surface area contributed by atoms with Crippen molar-refractivity contribution in [1.82, 2.24) is 24.5 Å². The molecule has 3 aromatic heterocycles. The van der Waals surface area contributed by atoms with Gasteiger partial charge in [-0.05, 0) is 60.5 Å². The van der Waals surface area contributed by atoms with E-state index < -0.39 is 10.7 Å². The summed E-state index contributed by atoms with van der Waals surface area (Å²) in [5, 5.41) is 5.58. The highest BCUT2D eigenvalue weighted by Crippen LogP contribution is 2.38. The first-order valence-corrected chi connectivity index (χ1v) is 13.2. The van der Waals surface area contributed by atoms with E-state index >= 15 is 0 Å². The van der Waals surface area contributed by atoms with E-state index in [-0.39, 0.29) is 5.75 Å². The lowest BCUT2D eigenvalue weighted by atomic mass is 9.90. The van der Waals surface area contributed by atoms with Crippen molar-refractivity contribution in [2.75, 3.05) is 32.5 Å². The van der Waals surface area contributed by atoms with Gasteiger partial charge in [-0.1, -0.05) is 19.9 Å². The Morgan fingerprint density at radius 1 is 1.24 bits per heavy atom. The highest BCUT2D eigenvalue weighted by Gasteiger charge is 2.26. The van der Waals surface area contributed by atoms with Crippen LogP contribution in [-0.4, -0.2) is 65.4 Å². The molecule has 0 saturated carbocycles. The molecule has 5 rings (SSSR count). The molecule has 0 bridgehead atoms. The number of likely N-dealkylation sites (tertiary alicyclic amines) is 1. The second-order valence-electron chi connectivity index (χ2n) is 9.51. The summed E-state index contributed by atoms with van der Waals surface area (Å²) in [6.45, 7) is 7.41. The molecule has 4 heterocycles. The standard InChI is InChI=1S/C25H31N5O3S/c1-16(2)23-20-10-17(9-18-12-29(13-18)7-4-8-34(31)32)5-6-21(20)28-24(23)19-11-22(33-3)25-26-15-27-30(25)14-19/h5-6,10-11,14-16,18,28,34H,4,7-9,12-13H2,1-3H3. The first-order chi connectivity index (χ1) is 16.4. The number of aromatic nitrogens is 4. The Morgan fingerprint density at radius 3 is 2.79 bits per heavy atom. The lowest BCUT2D eigenvalue weighted by Gasteiger charge is -2.39. The first kappa shape index (κ1) is 22.9. The minimum Gasteiger partial charge on any atom is -0.493 e. The van der Waals surface area contributed by atoms with Gasteiger partial charge in [-0.2, -0.15) is 5.10 Å². The number of fused-ring (bicyclic) bond motifs is 2. The molecule has 4 aromatic rings. The molecule has 0 amide bonds. The lowest BCUT2D eigenvalue weighted by Crippen LogP contribution is -2.47. The number of pyridine rings is 1. The minimum atomic E-state index is -2.26. The van der Waals surface area contributed by atoms with Gasteiger partial charge in [0, 0.05) is 41.5 Å². The zero-order valence-corrected chi connectivity index (χ0v) is 20.7. The van der Waals surface area contributed by atoms with Gasteiger partial charge in [0.2, 0.25) is 0 Å². The molecule has 0 unspecified atom stereocenters. The topological polar surface area (TPSA) is 92.6 Å². The summed E-state index contributed by atoms with van der Waals surface area (Å²) < 4.78 is 28.8. The van der Waals surface area contributed by atoms with Crippen molar-refractivity contribution in [2.24, 2.45) is 5.92 Å². The molecule has 34 heavy (non-hydrogen) atoms. The van der Waals surface area contributed by atoms with Crippen molar-refractivity contribution >= 4 is 27.3 Å². The molecule has 8 nitrogen and oxygen atoms in total. The SMILES string of the molecule is COc1cc(-c2[nH]c3ccc(CC4CN(CCC[SH](=O)=O)C4)cc3c2C(C)C)cn2ncnc12. The summed E-state index contributed by atoms with van der Waals surface area (Å²) in [7, 11) is -0.603. The summed E-state index contributed by atoms with van der Waals surface area (Å²) in [4.78, 5) is 10.3. The maximum absolute atomic E-state index is 10.7. The van der Waals surface area contributed by atoms with E-state index in [4.69, 9.17) is 4.74 Å². The van der Waals surface area contributed by atoms with Crippen LogP contribution < -0.4 is 4.74 Å². The number of nitrogens with one attached hydrogen (secondary N) is 1. The van der Waals surface area contributed by atoms with Gasteiger partial charge in [0.25, 0.3) is 0 Å². The van der Waals surface area contributed by atoms with E-state index in [1.165, 1.54) is 22.8 Å². The average Bonchev–Trinajstić information content (AvgIpc) is 3.40. The average molecular weight is 482 g/mol. The Morgan fingerprint density at radius 2 is 2.06 bits per heavy atom. The molecule has 1 N–H and O–H groups in total. The maximum atomic E-state index is 10.7. The Balaban J connectivity index is 1.40. The highest BCUT2D eigenvalue weighted by atomic mass is 32.2. The zero-order chi connectivity index (χ0) is 23.8. The van der Waals surface area contributed by atoms with Crippen molar-refractivity contribution in [3.8, 4) is 17.0 Å². The molecular formula is C25H31N5O3S. The second kappa shape index (κ2) is 9.38. The predicted molar refractivity (Wildman–Crippen MR) is 134 cm³/mol. The van der Waals surface area contributed by atoms with E-state index in [1.54, 1.807) is 11.6 Å². The third kappa shape index (κ3) is 4.42. The van der Waals surface area contributed by atoms with Crippen molar-refractivity contribution in [2.45, 2.75) is 32.6 Å². The van der Waals surface area contributed by atoms with Crippen LogP contribution in [0.25, 0.3) is 27.8 Å². The Bertz CT molecular complexity index is 1390. The smallest absolute Gasteiger partial charge is 0.197 e. The summed E-state index contributed by atoms with van der Waals surface area (Å²) in [6, 6.07) is 8.76. The quantitative estimate of drug-likeness (QED) is 0.356. The zero-order valence-electron chi connectivity index (χ0n) is 19.8. The summed E-state index contributed by atoms with van der Waals surface area (Å²) >= 11 is 0. The van der Waals surface area contributed by atoms with E-state index in [9.17, 15) is 8.42 Å². The lowest BCUT2D eigenvalue weighted by molar-refractivity contribution is 0.101. The van der Waals surface area contributed by atoms with Crippen LogP contribution in [0, 0.1) is 5.92 Å². The molecule has 1 aliphatic heterocycles. The van der Waals surface area contributed by atoms with Crippen molar-refractivity contribution < 1.29 is 13.2 Å². The van der Waals surface area contributed by atoms with Crippen LogP contribution in [0.3, 0.4) is 0 Å². The van der Waals surface area contributed by atoms with E-state index in [0.29, 0.717) is 23.2 Å². The van der Waals surface area contributed by atoms with Crippen LogP contribution >= 0.6 is 0 Å². The number of rotatable bonds is 9. The molecular weight excluding hydrogens is 450 g/mol. The Hall–Kier alpha value is -2.91. The minimum absolute atomic E-state index is 0.288. The van der Waals surface area contributed by atoms with Gasteiger partial charge in [-0.25, -0.2) is 17.9 Å². The largest absolute Gasteiger partial charge is 0.493 e. The number of benzene rings is 1. The molecule has 0 aliphatic carbocycles. The van der Waals surface area contributed by atoms with Gasteiger partial charge in [0.15, 0.2) is 11.4 Å². The number of nitrogens with zero attached hydrogens (tertiary/aromatic N) is 4. The monoisotopic (exact) mass is 481 g/mol. The van der Waals surface area contributed by atoms with Crippen LogP contribution in [0.4, 0.5) is 0 Å². The molecule has 0 radical (unpaired) electrons. The van der Waals surface area contributed by atoms with Gasteiger partial charge in [-0.3, -0.25) is 0 Å². The van der Waals surface area contributed by atoms with Crippen LogP contribution in [-0.2, 0) is 17.1 Å². The molecule has 1 fully saturated rings. The van der Waals surface area contributed by atoms with Gasteiger partial charge in [0.05, 0.1) is 12.8 Å². The maximum Gasteiger partial charge on any atom is 0.197 e. The van der Waals surface area contributed by atoms with Crippen molar-refractivity contribution in [3.05, 3.63) is 47.9 Å². The fourth-order valence-electron chi connectivity index (χ4n) is 5.14. The molecule has 1 aromatic carbocycles. The predicted octanol–water partition coefficient (Wildman–Crippen LogP) is 3.49. The number of aromatic amines is 1. The van der Waals surface area contributed by atoms with Gasteiger partial charge >= 0.3 is 0 Å². The summed E-state index contributed by atoms with van der Waals surface area (Å²) in [5.41, 5.74) is 6.57. The Labute approximate surface area is 200 Å². The molecule has 1 saturated heterocycles. The number of hydrogen-bond acceptors (Lipinski definition) is 6. The van der Waals surface area contributed by atoms with E-state index in [0.717, 1.165) is 49.2 Å². The molecule has 180 valence electrons. The second-order valence-corrected chi connectivity index (χ2v) is 10.6. The number of thiol groups is 1. The van der Waals surface area contributed by atoms with E-state index in [2.05, 4.69) is 52.0 Å². The van der Waals surface area contributed by atoms with Gasteiger partial charge in [0.1, 0.15) is 17.0 Å². The fraction of sp³-hybridized carbons (Fsp3) is 0.440. The normalized spacial score (nSPS) is 15.1. The number of H-pyrrole nitrogens is 1. The molecule has 0 atom stereocenters. The third-order valence-electron chi connectivity index (χ3n) is 6.70. The van der Waals surface area contributed by atoms with Crippen LogP contribution in [0.15, 0.2) is 36.8 Å². The fourth-order valence-corrected chi connectivity index (χ4v) is 5.54. The highest BCUT2D eigenvalue weighted by molar-refractivity contribution is 7.72. The Kier molecular flexibility index (Phi) is 6.31. The van der Waals surface area contributed by atoms with Crippen LogP contribution in [0.1, 0.15) is 37.3 Å². The molecule has 1 aliphatic rings. The number of ether oxygens (including phenoxy) is 1.